The topological polar surface area (TPSA) is 58.6 Å². The number of amides is 1. The van der Waals surface area contributed by atoms with Gasteiger partial charge in [0.1, 0.15) is 5.75 Å². The number of nitrogens with one attached hydrogen (secondary N) is 1. The van der Waals surface area contributed by atoms with Gasteiger partial charge in [0, 0.05) is 6.42 Å². The minimum absolute atomic E-state index is 0.0802. The SMILES string of the molecule is CCOc1ccc(-c2ccc(C(C)NC(=O)CCO)cc2)cc1. The highest BCUT2D eigenvalue weighted by atomic mass is 16.5. The summed E-state index contributed by atoms with van der Waals surface area (Å²) in [5.41, 5.74) is 3.27. The number of hydrogen-bond acceptors (Lipinski definition) is 3. The van der Waals surface area contributed by atoms with Crippen LogP contribution in [0.3, 0.4) is 0 Å². The Morgan fingerprint density at radius 2 is 1.65 bits per heavy atom. The normalized spacial score (nSPS) is 11.8. The van der Waals surface area contributed by atoms with Crippen molar-refractivity contribution in [2.24, 2.45) is 0 Å². The number of carbonyl (C=O) groups is 1. The molecule has 2 N–H and O–H groups in total. The summed E-state index contributed by atoms with van der Waals surface area (Å²) < 4.78 is 5.45. The maximum atomic E-state index is 11.5. The fraction of sp³-hybridized carbons (Fsp3) is 0.316. The molecule has 2 aromatic carbocycles. The van der Waals surface area contributed by atoms with Crippen LogP contribution < -0.4 is 10.1 Å². The van der Waals surface area contributed by atoms with Crippen LogP contribution in [0.25, 0.3) is 11.1 Å². The highest BCUT2D eigenvalue weighted by molar-refractivity contribution is 5.76. The average Bonchev–Trinajstić information content (AvgIpc) is 2.56. The molecule has 1 amide bonds. The Balaban J connectivity index is 2.05. The zero-order valence-electron chi connectivity index (χ0n) is 13.6. The summed E-state index contributed by atoms with van der Waals surface area (Å²) in [5, 5.41) is 11.6. The predicted molar refractivity (Wildman–Crippen MR) is 91.3 cm³/mol. The van der Waals surface area contributed by atoms with E-state index in [4.69, 9.17) is 9.84 Å². The molecule has 0 aliphatic rings. The Labute approximate surface area is 137 Å². The molecule has 23 heavy (non-hydrogen) atoms. The first-order chi connectivity index (χ1) is 11.1. The second kappa shape index (κ2) is 8.34. The van der Waals surface area contributed by atoms with Gasteiger partial charge >= 0.3 is 0 Å². The zero-order valence-corrected chi connectivity index (χ0v) is 13.6. The highest BCUT2D eigenvalue weighted by Gasteiger charge is 2.09. The van der Waals surface area contributed by atoms with Crippen LogP contribution in [0.4, 0.5) is 0 Å². The molecular weight excluding hydrogens is 290 g/mol. The van der Waals surface area contributed by atoms with E-state index in [0.29, 0.717) is 6.61 Å². The van der Waals surface area contributed by atoms with Crippen molar-refractivity contribution < 1.29 is 14.6 Å². The molecule has 0 radical (unpaired) electrons. The van der Waals surface area contributed by atoms with Crippen LogP contribution in [-0.2, 0) is 4.79 Å². The molecule has 0 aromatic heterocycles. The van der Waals surface area contributed by atoms with Crippen LogP contribution in [0.1, 0.15) is 31.9 Å². The molecule has 1 atom stereocenters. The molecular formula is C19H23NO3. The third-order valence-electron chi connectivity index (χ3n) is 3.63. The summed E-state index contributed by atoms with van der Waals surface area (Å²) >= 11 is 0. The molecule has 2 rings (SSSR count). The molecule has 0 aliphatic heterocycles. The standard InChI is InChI=1S/C19H23NO3/c1-3-23-18-10-8-17(9-11-18)16-6-4-15(5-7-16)14(2)20-19(22)12-13-21/h4-11,14,21H,3,12-13H2,1-2H3,(H,20,22). The van der Waals surface area contributed by atoms with Crippen LogP contribution in [0, 0.1) is 0 Å². The number of benzene rings is 2. The van der Waals surface area contributed by atoms with Crippen molar-refractivity contribution in [2.45, 2.75) is 26.3 Å². The number of aliphatic hydroxyl groups excluding tert-OH is 1. The van der Waals surface area contributed by atoms with E-state index in [0.717, 1.165) is 22.4 Å². The summed E-state index contributed by atoms with van der Waals surface area (Å²) in [6, 6.07) is 16.0. The number of hydrogen-bond donors (Lipinski definition) is 2. The first-order valence-electron chi connectivity index (χ1n) is 7.87. The Morgan fingerprint density at radius 3 is 2.17 bits per heavy atom. The van der Waals surface area contributed by atoms with Gasteiger partial charge in [-0.15, -0.1) is 0 Å². The van der Waals surface area contributed by atoms with E-state index >= 15 is 0 Å². The Hall–Kier alpha value is -2.33. The van der Waals surface area contributed by atoms with Gasteiger partial charge in [-0.2, -0.15) is 0 Å². The van der Waals surface area contributed by atoms with E-state index in [2.05, 4.69) is 5.32 Å². The molecule has 4 heteroatoms. The molecule has 0 saturated carbocycles. The van der Waals surface area contributed by atoms with Crippen LogP contribution in [0.5, 0.6) is 5.75 Å². The molecule has 2 aromatic rings. The minimum atomic E-state index is -0.143. The number of carbonyl (C=O) groups excluding carboxylic acids is 1. The molecule has 0 bridgehead atoms. The first kappa shape index (κ1) is 17.0. The van der Waals surface area contributed by atoms with Crippen LogP contribution in [-0.4, -0.2) is 24.2 Å². The van der Waals surface area contributed by atoms with Gasteiger partial charge in [-0.1, -0.05) is 36.4 Å². The van der Waals surface area contributed by atoms with Crippen LogP contribution >= 0.6 is 0 Å². The lowest BCUT2D eigenvalue weighted by molar-refractivity contribution is -0.122. The van der Waals surface area contributed by atoms with E-state index in [9.17, 15) is 4.79 Å². The molecule has 0 fully saturated rings. The van der Waals surface area contributed by atoms with Gasteiger partial charge in [0.25, 0.3) is 0 Å². The van der Waals surface area contributed by atoms with Gasteiger partial charge in [0.15, 0.2) is 0 Å². The Morgan fingerprint density at radius 1 is 1.09 bits per heavy atom. The molecule has 0 spiro atoms. The van der Waals surface area contributed by atoms with E-state index in [1.807, 2.05) is 62.4 Å². The largest absolute Gasteiger partial charge is 0.494 e. The molecule has 0 aliphatic carbocycles. The van der Waals surface area contributed by atoms with Crippen LogP contribution in [0.2, 0.25) is 0 Å². The molecule has 122 valence electrons. The monoisotopic (exact) mass is 313 g/mol. The van der Waals surface area contributed by atoms with Crippen molar-refractivity contribution in [2.75, 3.05) is 13.2 Å². The van der Waals surface area contributed by atoms with Gasteiger partial charge < -0.3 is 15.2 Å². The van der Waals surface area contributed by atoms with Crippen molar-refractivity contribution in [1.29, 1.82) is 0 Å². The van der Waals surface area contributed by atoms with Crippen molar-refractivity contribution in [3.05, 3.63) is 54.1 Å². The molecule has 1 unspecified atom stereocenters. The summed E-state index contributed by atoms with van der Waals surface area (Å²) in [4.78, 5) is 11.5. The lowest BCUT2D eigenvalue weighted by Gasteiger charge is -2.14. The Bertz CT molecular complexity index is 620. The summed E-state index contributed by atoms with van der Waals surface area (Å²) in [7, 11) is 0. The predicted octanol–water partition coefficient (Wildman–Crippen LogP) is 3.31. The third kappa shape index (κ3) is 4.83. The lowest BCUT2D eigenvalue weighted by atomic mass is 10.0. The van der Waals surface area contributed by atoms with E-state index in [1.54, 1.807) is 0 Å². The summed E-state index contributed by atoms with van der Waals surface area (Å²) in [6.07, 6.45) is 0.134. The van der Waals surface area contributed by atoms with Gasteiger partial charge in [-0.25, -0.2) is 0 Å². The first-order valence-corrected chi connectivity index (χ1v) is 7.87. The van der Waals surface area contributed by atoms with E-state index < -0.39 is 0 Å². The number of ether oxygens (including phenoxy) is 1. The van der Waals surface area contributed by atoms with Gasteiger partial charge in [-0.3, -0.25) is 4.79 Å². The molecule has 0 heterocycles. The number of aliphatic hydroxyl groups is 1. The van der Waals surface area contributed by atoms with Crippen molar-refractivity contribution in [3.8, 4) is 16.9 Å². The quantitative estimate of drug-likeness (QED) is 0.824. The van der Waals surface area contributed by atoms with Crippen molar-refractivity contribution >= 4 is 5.91 Å². The average molecular weight is 313 g/mol. The maximum absolute atomic E-state index is 11.5. The smallest absolute Gasteiger partial charge is 0.222 e. The second-order valence-electron chi connectivity index (χ2n) is 5.34. The van der Waals surface area contributed by atoms with Crippen LogP contribution in [0.15, 0.2) is 48.5 Å². The van der Waals surface area contributed by atoms with Gasteiger partial charge in [0.2, 0.25) is 5.91 Å². The lowest BCUT2D eigenvalue weighted by Crippen LogP contribution is -2.27. The molecule has 0 saturated heterocycles. The van der Waals surface area contributed by atoms with E-state index in [1.165, 1.54) is 0 Å². The summed E-state index contributed by atoms with van der Waals surface area (Å²) in [5.74, 6) is 0.726. The fourth-order valence-electron chi connectivity index (χ4n) is 2.37. The van der Waals surface area contributed by atoms with Crippen molar-refractivity contribution in [3.63, 3.8) is 0 Å². The number of rotatable bonds is 7. The maximum Gasteiger partial charge on any atom is 0.222 e. The fourth-order valence-corrected chi connectivity index (χ4v) is 2.37. The van der Waals surface area contributed by atoms with Gasteiger partial charge in [0.05, 0.1) is 19.3 Å². The second-order valence-corrected chi connectivity index (χ2v) is 5.34. The summed E-state index contributed by atoms with van der Waals surface area (Å²) in [6.45, 7) is 4.43. The Kier molecular flexibility index (Phi) is 6.18. The third-order valence-corrected chi connectivity index (χ3v) is 3.63. The van der Waals surface area contributed by atoms with Gasteiger partial charge in [-0.05, 0) is 42.7 Å². The minimum Gasteiger partial charge on any atom is -0.494 e. The zero-order chi connectivity index (χ0) is 16.7. The highest BCUT2D eigenvalue weighted by Crippen LogP contribution is 2.24. The van der Waals surface area contributed by atoms with Crippen molar-refractivity contribution in [1.82, 2.24) is 5.32 Å². The van der Waals surface area contributed by atoms with E-state index in [-0.39, 0.29) is 25.0 Å². The molecule has 4 nitrogen and oxygen atoms in total.